The van der Waals surface area contributed by atoms with E-state index in [1.807, 2.05) is 6.92 Å². The van der Waals surface area contributed by atoms with E-state index in [4.69, 9.17) is 0 Å². The first-order chi connectivity index (χ1) is 11.8. The van der Waals surface area contributed by atoms with Crippen LogP contribution in [0.25, 0.3) is 0 Å². The third-order valence-electron chi connectivity index (χ3n) is 4.46. The zero-order chi connectivity index (χ0) is 18.2. The molecule has 7 heteroatoms. The Morgan fingerprint density at radius 2 is 1.68 bits per heavy atom. The number of aryl methyl sites for hydroxylation is 1. The maximum absolute atomic E-state index is 13.2. The largest absolute Gasteiger partial charge is 0.480 e. The van der Waals surface area contributed by atoms with Gasteiger partial charge in [-0.1, -0.05) is 29.8 Å². The normalized spacial score (nSPS) is 21.4. The Kier molecular flexibility index (Phi) is 4.62. The number of carboxylic acids is 1. The molecule has 0 saturated carbocycles. The number of sulfonamides is 1. The van der Waals surface area contributed by atoms with Crippen LogP contribution in [-0.4, -0.2) is 29.8 Å². The Morgan fingerprint density at radius 1 is 1.08 bits per heavy atom. The van der Waals surface area contributed by atoms with Crippen LogP contribution in [0.4, 0.5) is 4.39 Å². The molecule has 2 aromatic carbocycles. The molecule has 0 aliphatic carbocycles. The first-order valence-electron chi connectivity index (χ1n) is 7.89. The molecule has 2 atom stereocenters. The van der Waals surface area contributed by atoms with E-state index in [0.29, 0.717) is 12.0 Å². The molecule has 25 heavy (non-hydrogen) atoms. The van der Waals surface area contributed by atoms with E-state index in [-0.39, 0.29) is 11.3 Å². The molecule has 0 bridgehead atoms. The van der Waals surface area contributed by atoms with Crippen molar-refractivity contribution in [3.05, 3.63) is 65.5 Å². The molecule has 2 unspecified atom stereocenters. The average Bonchev–Trinajstić information content (AvgIpc) is 3.02. The van der Waals surface area contributed by atoms with Crippen molar-refractivity contribution < 1.29 is 22.7 Å². The first-order valence-corrected chi connectivity index (χ1v) is 9.33. The maximum atomic E-state index is 13.2. The molecule has 0 spiro atoms. The van der Waals surface area contributed by atoms with Gasteiger partial charge in [0.15, 0.2) is 0 Å². The Labute approximate surface area is 145 Å². The molecule has 2 aromatic rings. The SMILES string of the molecule is Cc1ccc(S(=O)(=O)N2C(C(=O)O)CCC2c2ccc(F)cc2)cc1. The highest BCUT2D eigenvalue weighted by molar-refractivity contribution is 7.89. The molecule has 0 aromatic heterocycles. The standard InChI is InChI=1S/C18H18FNO4S/c1-12-2-8-15(9-3-12)25(23,24)20-16(10-11-17(20)18(21)22)13-4-6-14(19)7-5-13/h2-9,16-17H,10-11H2,1H3,(H,21,22). The summed E-state index contributed by atoms with van der Waals surface area (Å²) in [6.45, 7) is 1.84. The number of halogens is 1. The van der Waals surface area contributed by atoms with Gasteiger partial charge in [0.05, 0.1) is 10.9 Å². The van der Waals surface area contributed by atoms with Crippen molar-refractivity contribution in [2.24, 2.45) is 0 Å². The summed E-state index contributed by atoms with van der Waals surface area (Å²) < 4.78 is 40.4. The van der Waals surface area contributed by atoms with Gasteiger partial charge >= 0.3 is 5.97 Å². The van der Waals surface area contributed by atoms with Crippen molar-refractivity contribution in [1.82, 2.24) is 4.31 Å². The van der Waals surface area contributed by atoms with Gasteiger partial charge in [-0.15, -0.1) is 0 Å². The fraction of sp³-hybridized carbons (Fsp3) is 0.278. The van der Waals surface area contributed by atoms with E-state index < -0.39 is 33.9 Å². The molecule has 0 radical (unpaired) electrons. The zero-order valence-electron chi connectivity index (χ0n) is 13.6. The Hall–Kier alpha value is -2.25. The third-order valence-corrected chi connectivity index (χ3v) is 6.40. The van der Waals surface area contributed by atoms with Gasteiger partial charge in [0, 0.05) is 0 Å². The molecule has 1 N–H and O–H groups in total. The summed E-state index contributed by atoms with van der Waals surface area (Å²) in [7, 11) is -4.00. The quantitative estimate of drug-likeness (QED) is 0.906. The molecule has 1 aliphatic rings. The fourth-order valence-corrected chi connectivity index (χ4v) is 5.00. The second kappa shape index (κ2) is 6.57. The van der Waals surface area contributed by atoms with Crippen LogP contribution in [0.3, 0.4) is 0 Å². The lowest BCUT2D eigenvalue weighted by atomic mass is 10.1. The van der Waals surface area contributed by atoms with Crippen molar-refractivity contribution in [1.29, 1.82) is 0 Å². The van der Waals surface area contributed by atoms with Gasteiger partial charge in [0.1, 0.15) is 11.9 Å². The first kappa shape index (κ1) is 17.6. The molecule has 132 valence electrons. The lowest BCUT2D eigenvalue weighted by molar-refractivity contribution is -0.140. The smallest absolute Gasteiger partial charge is 0.322 e. The van der Waals surface area contributed by atoms with Crippen LogP contribution in [0.15, 0.2) is 53.4 Å². The average molecular weight is 363 g/mol. The summed E-state index contributed by atoms with van der Waals surface area (Å²) in [5.41, 5.74) is 1.49. The minimum absolute atomic E-state index is 0.0540. The van der Waals surface area contributed by atoms with Gasteiger partial charge in [0.25, 0.3) is 0 Å². The van der Waals surface area contributed by atoms with E-state index in [0.717, 1.165) is 9.87 Å². The number of benzene rings is 2. The highest BCUT2D eigenvalue weighted by Crippen LogP contribution is 2.40. The fourth-order valence-electron chi connectivity index (χ4n) is 3.19. The third kappa shape index (κ3) is 3.29. The summed E-state index contributed by atoms with van der Waals surface area (Å²) in [6, 6.07) is 10.0. The number of carbonyl (C=O) groups is 1. The molecule has 0 amide bonds. The molecular formula is C18H18FNO4S. The number of nitrogens with zero attached hydrogens (tertiary/aromatic N) is 1. The Bertz CT molecular complexity index is 878. The number of aliphatic carboxylic acids is 1. The van der Waals surface area contributed by atoms with Crippen LogP contribution in [0.5, 0.6) is 0 Å². The lowest BCUT2D eigenvalue weighted by Crippen LogP contribution is -2.41. The van der Waals surface area contributed by atoms with Crippen molar-refractivity contribution in [2.75, 3.05) is 0 Å². The van der Waals surface area contributed by atoms with Crippen molar-refractivity contribution >= 4 is 16.0 Å². The number of rotatable bonds is 4. The highest BCUT2D eigenvalue weighted by atomic mass is 32.2. The van der Waals surface area contributed by atoms with Crippen LogP contribution in [0, 0.1) is 12.7 Å². The minimum atomic E-state index is -4.00. The van der Waals surface area contributed by atoms with Gasteiger partial charge in [-0.05, 0) is 49.6 Å². The molecule has 5 nitrogen and oxygen atoms in total. The Balaban J connectivity index is 2.07. The second-order valence-electron chi connectivity index (χ2n) is 6.15. The zero-order valence-corrected chi connectivity index (χ0v) is 14.4. The molecule has 1 saturated heterocycles. The number of hydrogen-bond donors (Lipinski definition) is 1. The minimum Gasteiger partial charge on any atom is -0.480 e. The summed E-state index contributed by atoms with van der Waals surface area (Å²) in [5.74, 6) is -1.61. The topological polar surface area (TPSA) is 74.7 Å². The van der Waals surface area contributed by atoms with E-state index in [1.54, 1.807) is 12.1 Å². The summed E-state index contributed by atoms with van der Waals surface area (Å²) in [5, 5.41) is 9.48. The Morgan fingerprint density at radius 3 is 2.24 bits per heavy atom. The summed E-state index contributed by atoms with van der Waals surface area (Å²) in [6.07, 6.45) is 0.580. The molecule has 1 aliphatic heterocycles. The van der Waals surface area contributed by atoms with E-state index in [2.05, 4.69) is 0 Å². The van der Waals surface area contributed by atoms with Crippen LogP contribution in [0.2, 0.25) is 0 Å². The van der Waals surface area contributed by atoms with Crippen molar-refractivity contribution in [3.8, 4) is 0 Å². The number of hydrogen-bond acceptors (Lipinski definition) is 3. The van der Waals surface area contributed by atoms with Crippen molar-refractivity contribution in [3.63, 3.8) is 0 Å². The molecular weight excluding hydrogens is 345 g/mol. The summed E-state index contributed by atoms with van der Waals surface area (Å²) in [4.78, 5) is 11.7. The van der Waals surface area contributed by atoms with E-state index >= 15 is 0 Å². The summed E-state index contributed by atoms with van der Waals surface area (Å²) >= 11 is 0. The van der Waals surface area contributed by atoms with Crippen LogP contribution < -0.4 is 0 Å². The van der Waals surface area contributed by atoms with Gasteiger partial charge in [-0.3, -0.25) is 4.79 Å². The van der Waals surface area contributed by atoms with Gasteiger partial charge in [-0.2, -0.15) is 4.31 Å². The lowest BCUT2D eigenvalue weighted by Gasteiger charge is -2.27. The van der Waals surface area contributed by atoms with Crippen LogP contribution in [-0.2, 0) is 14.8 Å². The number of carboxylic acid groups (broad SMARTS) is 1. The van der Waals surface area contributed by atoms with E-state index in [9.17, 15) is 22.7 Å². The van der Waals surface area contributed by atoms with Gasteiger partial charge in [-0.25, -0.2) is 12.8 Å². The monoisotopic (exact) mass is 363 g/mol. The van der Waals surface area contributed by atoms with Crippen LogP contribution >= 0.6 is 0 Å². The van der Waals surface area contributed by atoms with Crippen LogP contribution in [0.1, 0.15) is 30.0 Å². The molecule has 1 heterocycles. The molecule has 3 rings (SSSR count). The van der Waals surface area contributed by atoms with Gasteiger partial charge in [0.2, 0.25) is 10.0 Å². The predicted molar refractivity (Wildman–Crippen MR) is 90.0 cm³/mol. The maximum Gasteiger partial charge on any atom is 0.322 e. The molecule has 1 fully saturated rings. The predicted octanol–water partition coefficient (Wildman–Crippen LogP) is 3.11. The van der Waals surface area contributed by atoms with Crippen molar-refractivity contribution in [2.45, 2.75) is 36.7 Å². The second-order valence-corrected chi connectivity index (χ2v) is 7.99. The van der Waals surface area contributed by atoms with Gasteiger partial charge < -0.3 is 5.11 Å². The van der Waals surface area contributed by atoms with E-state index in [1.165, 1.54) is 36.4 Å². The highest BCUT2D eigenvalue weighted by Gasteiger charge is 2.46.